The summed E-state index contributed by atoms with van der Waals surface area (Å²) in [7, 11) is 4.46. The lowest BCUT2D eigenvalue weighted by Gasteiger charge is -2.43. The number of piperidine rings is 2. The molecule has 1 saturated carbocycles. The molecule has 3 saturated heterocycles. The van der Waals surface area contributed by atoms with Crippen molar-refractivity contribution in [2.45, 2.75) is 230 Å². The first-order valence-corrected chi connectivity index (χ1v) is 45.9. The number of esters is 1. The van der Waals surface area contributed by atoms with E-state index < -0.39 is 114 Å². The molecule has 16 atom stereocenters. The van der Waals surface area contributed by atoms with E-state index in [1.165, 1.54) is 31.0 Å². The van der Waals surface area contributed by atoms with Gasteiger partial charge in [0.05, 0.1) is 128 Å². The normalized spacial score (nSPS) is 27.7. The third-order valence-corrected chi connectivity index (χ3v) is 26.1. The van der Waals surface area contributed by atoms with Crippen LogP contribution < -0.4 is 28.3 Å². The zero-order chi connectivity index (χ0) is 93.2. The molecule has 0 spiro atoms. The van der Waals surface area contributed by atoms with Crippen LogP contribution in [0.25, 0.3) is 33.4 Å². The lowest BCUT2D eigenvalue weighted by atomic mass is 9.80. The van der Waals surface area contributed by atoms with Crippen LogP contribution in [0.5, 0.6) is 0 Å². The first kappa shape index (κ1) is 101. The molecule has 130 heavy (non-hydrogen) atoms. The Hall–Kier alpha value is -9.09. The Labute approximate surface area is 760 Å². The molecule has 1 aliphatic carbocycles. The molecule has 2 bridgehead atoms. The zero-order valence-corrected chi connectivity index (χ0v) is 76.8. The molecule has 8 heterocycles. The number of nitrogen functional groups attached to an aromatic ring is 2. The van der Waals surface area contributed by atoms with Crippen molar-refractivity contribution < 1.29 is 110 Å². The number of nitrogens with one attached hydrogen (secondary N) is 1. The lowest BCUT2D eigenvalue weighted by molar-refractivity contribution is -0.265. The quantitative estimate of drug-likeness (QED) is 0.00933. The molecule has 36 heteroatoms. The second-order valence-corrected chi connectivity index (χ2v) is 35.5. The number of nitrogens with two attached hydrogens (primary N) is 4. The van der Waals surface area contributed by atoms with Crippen LogP contribution in [0.15, 0.2) is 94.7 Å². The second kappa shape index (κ2) is 49.1. The number of cyclic esters (lactones) is 1. The van der Waals surface area contributed by atoms with Gasteiger partial charge in [0.2, 0.25) is 17.6 Å². The van der Waals surface area contributed by atoms with Crippen LogP contribution in [-0.2, 0) is 105 Å². The topological polar surface area (TPSA) is 486 Å². The molecule has 2 aromatic carbocycles. The number of rotatable bonds is 32. The first-order chi connectivity index (χ1) is 62.5. The maximum absolute atomic E-state index is 14.8. The molecule has 0 unspecified atom stereocenters. The summed E-state index contributed by atoms with van der Waals surface area (Å²) in [6.45, 7) is 16.9. The Kier molecular flexibility index (Phi) is 38.3. The number of carbonyl (C=O) groups is 7. The van der Waals surface area contributed by atoms with Crippen LogP contribution in [0.1, 0.15) is 155 Å². The fourth-order valence-electron chi connectivity index (χ4n) is 18.1. The molecule has 4 amide bonds. The molecule has 4 fully saturated rings. The fraction of sp³-hybridized carbons (Fsp3) is 0.649. The summed E-state index contributed by atoms with van der Waals surface area (Å²) in [6, 6.07) is 9.72. The number of allylic oxidation sites excluding steroid dienone is 5. The summed E-state index contributed by atoms with van der Waals surface area (Å²) in [4.78, 5) is 116. The molecule has 5 aromatic rings. The van der Waals surface area contributed by atoms with Crippen molar-refractivity contribution in [1.29, 1.82) is 0 Å². The van der Waals surface area contributed by atoms with E-state index in [4.69, 9.17) is 89.3 Å². The number of methoxy groups -OCH3 is 3. The Morgan fingerprint density at radius 3 is 2.11 bits per heavy atom. The third-order valence-electron chi connectivity index (χ3n) is 26.1. The number of hydrogen-bond donors (Lipinski definition) is 8. The molecule has 12 N–H and O–H groups in total. The molecule has 11 rings (SSSR count). The minimum absolute atomic E-state index is 0.0143. The van der Waals surface area contributed by atoms with E-state index in [0.29, 0.717) is 176 Å². The first-order valence-electron chi connectivity index (χ1n) is 45.9. The summed E-state index contributed by atoms with van der Waals surface area (Å²) in [5.41, 5.74) is 32.4. The van der Waals surface area contributed by atoms with Crippen molar-refractivity contribution in [2.24, 2.45) is 41.1 Å². The van der Waals surface area contributed by atoms with E-state index in [1.807, 2.05) is 72.0 Å². The van der Waals surface area contributed by atoms with Crippen molar-refractivity contribution >= 4 is 75.3 Å². The summed E-state index contributed by atoms with van der Waals surface area (Å²) >= 11 is 0. The molecular weight excluding hydrogens is 1680 g/mol. The van der Waals surface area contributed by atoms with E-state index >= 15 is 0 Å². The fourth-order valence-corrected chi connectivity index (χ4v) is 18.1. The molecule has 6 aliphatic rings. The van der Waals surface area contributed by atoms with Crippen LogP contribution in [0, 0.1) is 29.6 Å². The van der Waals surface area contributed by atoms with Crippen molar-refractivity contribution in [2.75, 3.05) is 145 Å². The van der Waals surface area contributed by atoms with Crippen LogP contribution in [0.2, 0.25) is 0 Å². The lowest BCUT2D eigenvalue weighted by Crippen LogP contribution is -2.61. The second-order valence-electron chi connectivity index (χ2n) is 35.5. The highest BCUT2D eigenvalue weighted by Crippen LogP contribution is 2.40. The van der Waals surface area contributed by atoms with Gasteiger partial charge in [0.25, 0.3) is 17.7 Å². The van der Waals surface area contributed by atoms with Gasteiger partial charge in [-0.1, -0.05) is 82.4 Å². The molecule has 5 aliphatic heterocycles. The van der Waals surface area contributed by atoms with E-state index in [1.54, 1.807) is 46.9 Å². The number of Topliss-reactive ketones (excluding diaryl/α,β-unsaturated/α-hetero) is 2. The molecule has 0 radical (unpaired) electrons. The van der Waals surface area contributed by atoms with Gasteiger partial charge in [-0.25, -0.2) is 24.2 Å². The van der Waals surface area contributed by atoms with Crippen molar-refractivity contribution in [3.8, 4) is 11.3 Å². The van der Waals surface area contributed by atoms with Crippen LogP contribution in [0.4, 0.5) is 16.6 Å². The number of benzene rings is 2. The third kappa shape index (κ3) is 27.3. The van der Waals surface area contributed by atoms with Crippen molar-refractivity contribution in [3.05, 3.63) is 107 Å². The smallest absolute Gasteiger partial charge is 0.410 e. The Morgan fingerprint density at radius 1 is 0.715 bits per heavy atom. The van der Waals surface area contributed by atoms with E-state index in [9.17, 15) is 48.9 Å². The SMILES string of the molecule is CO[C@H]1C[C@@H]2CC[C@@H](C)[C@@](O)(O2)C(=O)C(=O)N2CCCC[C@H]2C(=O)O[C@H]([C@H](N)C[C@@H]2CC[C@@H](OC(=O)N3CCC(N)(C(=O)NCCOCCOCCOCCOCCOCCOCCC(=O)N4CCc5cc(Cn6nc(-c7ccc8oc(N)nc8c7)c7c(N)ncnc76)ccc5C4)CC3)[C@H](OC)C2)C[C@@H](O)[C@H](C)/C=C(\C)[C@@H](O)[C@@H](OC)C(=O)[C@H](C)C[C@H](C)/C=C/C=CC=C1C. The number of hydrogen-bond acceptors (Lipinski definition) is 31. The number of likely N-dealkylation sites (tertiary alicyclic amines) is 1. The number of anilines is 2. The van der Waals surface area contributed by atoms with Gasteiger partial charge in [0, 0.05) is 103 Å². The largest absolute Gasteiger partial charge is 0.459 e. The maximum Gasteiger partial charge on any atom is 0.410 e. The Balaban J connectivity index is 0.543. The van der Waals surface area contributed by atoms with E-state index in [2.05, 4.69) is 32.4 Å². The number of fused-ring (bicyclic) bond motifs is 6. The highest BCUT2D eigenvalue weighted by molar-refractivity contribution is 6.39. The Bertz CT molecular complexity index is 4700. The zero-order valence-electron chi connectivity index (χ0n) is 76.8. The van der Waals surface area contributed by atoms with Crippen molar-refractivity contribution in [3.63, 3.8) is 0 Å². The number of ketones is 2. The number of nitrogens with zero attached hydrogens (tertiary/aromatic N) is 8. The van der Waals surface area contributed by atoms with E-state index in [-0.39, 0.29) is 120 Å². The number of aromatic nitrogens is 5. The van der Waals surface area contributed by atoms with Gasteiger partial charge < -0.3 is 120 Å². The van der Waals surface area contributed by atoms with Crippen LogP contribution >= 0.6 is 0 Å². The van der Waals surface area contributed by atoms with Gasteiger partial charge in [-0.05, 0) is 155 Å². The van der Waals surface area contributed by atoms with Crippen molar-refractivity contribution in [1.82, 2.24) is 44.7 Å². The van der Waals surface area contributed by atoms with Gasteiger partial charge in [0.15, 0.2) is 17.0 Å². The predicted octanol–water partition coefficient (Wildman–Crippen LogP) is 6.95. The Morgan fingerprint density at radius 2 is 1.42 bits per heavy atom. The van der Waals surface area contributed by atoms with E-state index in [0.717, 1.165) is 33.6 Å². The summed E-state index contributed by atoms with van der Waals surface area (Å²) in [6.07, 6.45) is 10.1. The molecule has 3 aromatic heterocycles. The van der Waals surface area contributed by atoms with Gasteiger partial charge in [0.1, 0.15) is 53.8 Å². The summed E-state index contributed by atoms with van der Waals surface area (Å²) in [5.74, 6) is -8.06. The number of aliphatic hydroxyl groups excluding tert-OH is 2. The minimum Gasteiger partial charge on any atom is -0.459 e. The minimum atomic E-state index is -2.50. The average molecular weight is 1820 g/mol. The number of ether oxygens (including phenoxy) is 12. The van der Waals surface area contributed by atoms with Crippen LogP contribution in [0.3, 0.4) is 0 Å². The highest BCUT2D eigenvalue weighted by atomic mass is 16.6. The van der Waals surface area contributed by atoms with Gasteiger partial charge in [-0.3, -0.25) is 24.0 Å². The standard InChI is InChI=1S/C94H137N13O23/c1-58-15-11-10-12-16-59(2)76(118-7)53-69-23-18-63(6)94(117,130-69)85(112)88(113)106-31-14-13-17-72(106)89(114)127-77(54-73(108)60(3)48-62(5)83(111)84(120-9)82(110)61(4)47-58)70(95)50-64-20-24-75(78(51-64)119-8)129-92(116)104-33-28-93(98,29-34-104)90(115)99-30-36-122-38-40-124-42-44-126-46-45-125-43-41-123-39-37-121-35-27-79(109)105-32-26-66-49-65(19-21-68(66)56-105)55-107-87-80(86(96)100-57-101-87)81(103-107)67-22-25-74-71(52-67)102-91(97)128-74/h10-12,15-16,19,21-22,25,48-49,52,57-58,60-61,63-64,69-70,72-73,75-78,83-84,108,111,117H,13-14,17-18,20,23-24,26-47,50-51,53-56,95,98H2,1-9H3,(H2,97,102)(H,99,115)(H2,96,100,101)/b12-10?,15-11+,59-16?,62-48+/t58-,60-,61-,63-,64+,69+,70-,72+,73-,75-,76+,77+,78-,83-,84+,94-/m1/s1. The van der Waals surface area contributed by atoms with Crippen LogP contribution in [-0.4, -0.2) is 302 Å². The molecule has 716 valence electrons. The average Bonchev–Trinajstić information content (AvgIpc) is 1.52. The number of aliphatic hydroxyl groups is 3. The maximum atomic E-state index is 14.8. The number of amides is 4. The number of oxazole rings is 1. The van der Waals surface area contributed by atoms with Gasteiger partial charge >= 0.3 is 12.1 Å². The molecular formula is C94H137N13O23. The predicted molar refractivity (Wildman–Crippen MR) is 481 cm³/mol. The summed E-state index contributed by atoms with van der Waals surface area (Å²) in [5, 5.41) is 44.4. The monoisotopic (exact) mass is 1820 g/mol. The highest BCUT2D eigenvalue weighted by Gasteiger charge is 2.54. The van der Waals surface area contributed by atoms with Gasteiger partial charge in [-0.15, -0.1) is 0 Å². The number of carbonyl (C=O) groups excluding carboxylic acids is 7. The van der Waals surface area contributed by atoms with Gasteiger partial charge in [-0.2, -0.15) is 10.1 Å². The molecule has 36 nitrogen and oxygen atoms in total. The summed E-state index contributed by atoms with van der Waals surface area (Å²) < 4.78 is 77.4.